The summed E-state index contributed by atoms with van der Waals surface area (Å²) >= 11 is 0. The van der Waals surface area contributed by atoms with Crippen LogP contribution in [0.3, 0.4) is 0 Å². The highest BCUT2D eigenvalue weighted by Gasteiger charge is 2.33. The Hall–Kier alpha value is -1.87. The largest absolute Gasteiger partial charge is 0.416 e. The molecule has 6 nitrogen and oxygen atoms in total. The molecule has 1 N–H and O–H groups in total. The Labute approximate surface area is 126 Å². The van der Waals surface area contributed by atoms with Gasteiger partial charge in [-0.3, -0.25) is 5.32 Å². The summed E-state index contributed by atoms with van der Waals surface area (Å²) < 4.78 is 48.3. The van der Waals surface area contributed by atoms with Gasteiger partial charge in [0, 0.05) is 27.5 Å². The number of anilines is 1. The number of hydrogen-bond acceptors (Lipinski definition) is 4. The van der Waals surface area contributed by atoms with Crippen LogP contribution in [0.15, 0.2) is 12.3 Å². The zero-order valence-corrected chi connectivity index (χ0v) is 12.7. The molecule has 22 heavy (non-hydrogen) atoms. The van der Waals surface area contributed by atoms with E-state index in [0.717, 1.165) is 12.3 Å². The molecule has 0 radical (unpaired) electrons. The lowest BCUT2D eigenvalue weighted by molar-refractivity contribution is -0.138. The summed E-state index contributed by atoms with van der Waals surface area (Å²) in [5, 5.41) is 2.30. The topological polar surface area (TPSA) is 63.7 Å². The number of urea groups is 1. The van der Waals surface area contributed by atoms with Crippen molar-refractivity contribution < 1.29 is 27.4 Å². The van der Waals surface area contributed by atoms with Crippen LogP contribution in [0.25, 0.3) is 0 Å². The number of amides is 2. The van der Waals surface area contributed by atoms with Crippen molar-refractivity contribution in [1.82, 2.24) is 9.88 Å². The zero-order valence-electron chi connectivity index (χ0n) is 12.7. The second-order valence-corrected chi connectivity index (χ2v) is 4.59. The van der Waals surface area contributed by atoms with Crippen LogP contribution in [0.1, 0.15) is 11.1 Å². The summed E-state index contributed by atoms with van der Waals surface area (Å²) in [6, 6.07) is 0.175. The van der Waals surface area contributed by atoms with Gasteiger partial charge >= 0.3 is 12.2 Å². The van der Waals surface area contributed by atoms with Gasteiger partial charge in [0.25, 0.3) is 0 Å². The number of nitrogens with zero attached hydrogens (tertiary/aromatic N) is 2. The standard InChI is InChI=1S/C13H18F3N3O3/c1-8-6-17-10(5-9(8)13(14,15)16)18-12(20)19(2)7-11(21-3)22-4/h5-6,11H,7H2,1-4H3,(H,17,18,20). The van der Waals surface area contributed by atoms with E-state index in [1.807, 2.05) is 0 Å². The Kier molecular flexibility index (Phi) is 6.12. The summed E-state index contributed by atoms with van der Waals surface area (Å²) in [6.45, 7) is 1.41. The molecule has 0 aliphatic heterocycles. The minimum atomic E-state index is -4.50. The van der Waals surface area contributed by atoms with Crippen LogP contribution in [-0.4, -0.2) is 50.0 Å². The predicted molar refractivity (Wildman–Crippen MR) is 73.4 cm³/mol. The van der Waals surface area contributed by atoms with Crippen molar-refractivity contribution in [2.75, 3.05) is 33.1 Å². The number of hydrogen-bond donors (Lipinski definition) is 1. The summed E-state index contributed by atoms with van der Waals surface area (Å²) in [4.78, 5) is 16.9. The first kappa shape index (κ1) is 18.2. The van der Waals surface area contributed by atoms with Crippen LogP contribution < -0.4 is 5.32 Å². The third kappa shape index (κ3) is 4.85. The minimum absolute atomic E-state index is 0.0160. The van der Waals surface area contributed by atoms with Gasteiger partial charge in [-0.05, 0) is 18.6 Å². The highest BCUT2D eigenvalue weighted by atomic mass is 19.4. The Balaban J connectivity index is 2.80. The SMILES string of the molecule is COC(CN(C)C(=O)Nc1cc(C(F)(F)F)c(C)cn1)OC. The fourth-order valence-electron chi connectivity index (χ4n) is 1.65. The maximum atomic E-state index is 12.8. The summed E-state index contributed by atoms with van der Waals surface area (Å²) in [6.07, 6.45) is -4.08. The van der Waals surface area contributed by atoms with Crippen molar-refractivity contribution in [3.63, 3.8) is 0 Å². The lowest BCUT2D eigenvalue weighted by atomic mass is 10.1. The highest BCUT2D eigenvalue weighted by molar-refractivity contribution is 5.88. The van der Waals surface area contributed by atoms with E-state index in [1.165, 1.54) is 33.1 Å². The Morgan fingerprint density at radius 1 is 1.41 bits per heavy atom. The van der Waals surface area contributed by atoms with Gasteiger partial charge in [-0.1, -0.05) is 0 Å². The summed E-state index contributed by atoms with van der Waals surface area (Å²) in [5.74, 6) is -0.179. The molecule has 0 spiro atoms. The Morgan fingerprint density at radius 2 is 2.00 bits per heavy atom. The van der Waals surface area contributed by atoms with E-state index < -0.39 is 24.1 Å². The average Bonchev–Trinajstić information content (AvgIpc) is 2.45. The molecule has 0 saturated heterocycles. The molecule has 0 bridgehead atoms. The molecule has 2 amide bonds. The van der Waals surface area contributed by atoms with E-state index in [2.05, 4.69) is 10.3 Å². The average molecular weight is 321 g/mol. The number of halogens is 3. The van der Waals surface area contributed by atoms with Crippen molar-refractivity contribution in [2.45, 2.75) is 19.4 Å². The third-order valence-corrected chi connectivity index (χ3v) is 2.94. The van der Waals surface area contributed by atoms with Crippen molar-refractivity contribution >= 4 is 11.8 Å². The first-order valence-corrected chi connectivity index (χ1v) is 6.30. The third-order valence-electron chi connectivity index (χ3n) is 2.94. The molecule has 0 aromatic carbocycles. The Bertz CT molecular complexity index is 519. The van der Waals surface area contributed by atoms with Crippen molar-refractivity contribution in [2.24, 2.45) is 0 Å². The second-order valence-electron chi connectivity index (χ2n) is 4.59. The molecule has 1 rings (SSSR count). The highest BCUT2D eigenvalue weighted by Crippen LogP contribution is 2.32. The molecule has 0 unspecified atom stereocenters. The molecule has 0 saturated carbocycles. The van der Waals surface area contributed by atoms with Crippen LogP contribution in [0.2, 0.25) is 0 Å². The van der Waals surface area contributed by atoms with Crippen molar-refractivity contribution in [3.05, 3.63) is 23.4 Å². The first-order chi connectivity index (χ1) is 10.2. The van der Waals surface area contributed by atoms with E-state index in [1.54, 1.807) is 0 Å². The molecule has 0 fully saturated rings. The molecule has 1 aromatic heterocycles. The fraction of sp³-hybridized carbons (Fsp3) is 0.538. The number of carbonyl (C=O) groups is 1. The number of alkyl halides is 3. The monoisotopic (exact) mass is 321 g/mol. The van der Waals surface area contributed by atoms with Gasteiger partial charge < -0.3 is 14.4 Å². The van der Waals surface area contributed by atoms with Gasteiger partial charge in [0.1, 0.15) is 5.82 Å². The quantitative estimate of drug-likeness (QED) is 0.846. The number of rotatable bonds is 5. The van der Waals surface area contributed by atoms with Gasteiger partial charge in [-0.25, -0.2) is 9.78 Å². The number of methoxy groups -OCH3 is 2. The van der Waals surface area contributed by atoms with Crippen LogP contribution >= 0.6 is 0 Å². The normalized spacial score (nSPS) is 11.6. The number of carbonyl (C=O) groups excluding carboxylic acids is 1. The lowest BCUT2D eigenvalue weighted by Gasteiger charge is -2.22. The van der Waals surface area contributed by atoms with Crippen molar-refractivity contribution in [3.8, 4) is 0 Å². The summed E-state index contributed by atoms with van der Waals surface area (Å²) in [5.41, 5.74) is -0.857. The maximum absolute atomic E-state index is 12.8. The molecule has 1 heterocycles. The van der Waals surface area contributed by atoms with Crippen molar-refractivity contribution in [1.29, 1.82) is 0 Å². The van der Waals surface area contributed by atoms with Crippen LogP contribution in [-0.2, 0) is 15.7 Å². The maximum Gasteiger partial charge on any atom is 0.416 e. The zero-order chi connectivity index (χ0) is 16.9. The number of pyridine rings is 1. The predicted octanol–water partition coefficient (Wildman–Crippen LogP) is 2.49. The number of likely N-dealkylation sites (N-methyl/N-ethyl adjacent to an activating group) is 1. The number of ether oxygens (including phenoxy) is 2. The van der Waals surface area contributed by atoms with E-state index in [9.17, 15) is 18.0 Å². The minimum Gasteiger partial charge on any atom is -0.354 e. The lowest BCUT2D eigenvalue weighted by Crippen LogP contribution is -2.38. The molecule has 124 valence electrons. The van der Waals surface area contributed by atoms with Gasteiger partial charge in [-0.15, -0.1) is 0 Å². The molecular weight excluding hydrogens is 303 g/mol. The van der Waals surface area contributed by atoms with E-state index >= 15 is 0 Å². The molecule has 1 aromatic rings. The molecular formula is C13H18F3N3O3. The molecule has 9 heteroatoms. The molecule has 0 atom stereocenters. The smallest absolute Gasteiger partial charge is 0.354 e. The number of aromatic nitrogens is 1. The molecule has 0 aliphatic carbocycles. The summed E-state index contributed by atoms with van der Waals surface area (Å²) in [7, 11) is 4.29. The van der Waals surface area contributed by atoms with Crippen LogP contribution in [0.5, 0.6) is 0 Å². The molecule has 0 aliphatic rings. The van der Waals surface area contributed by atoms with Gasteiger partial charge in [0.05, 0.1) is 12.1 Å². The Morgan fingerprint density at radius 3 is 2.50 bits per heavy atom. The van der Waals surface area contributed by atoms with Crippen LogP contribution in [0, 0.1) is 6.92 Å². The first-order valence-electron chi connectivity index (χ1n) is 6.30. The van der Waals surface area contributed by atoms with E-state index in [-0.39, 0.29) is 17.9 Å². The number of aryl methyl sites for hydroxylation is 1. The fourth-order valence-corrected chi connectivity index (χ4v) is 1.65. The van der Waals surface area contributed by atoms with E-state index in [4.69, 9.17) is 9.47 Å². The van der Waals surface area contributed by atoms with Crippen LogP contribution in [0.4, 0.5) is 23.8 Å². The number of nitrogens with one attached hydrogen (secondary N) is 1. The van der Waals surface area contributed by atoms with Gasteiger partial charge in [0.2, 0.25) is 0 Å². The van der Waals surface area contributed by atoms with Gasteiger partial charge in [0.15, 0.2) is 6.29 Å². The second kappa shape index (κ2) is 7.41. The van der Waals surface area contributed by atoms with E-state index in [0.29, 0.717) is 0 Å². The van der Waals surface area contributed by atoms with Gasteiger partial charge in [-0.2, -0.15) is 13.2 Å².